The topological polar surface area (TPSA) is 65.5 Å². The highest BCUT2D eigenvalue weighted by Gasteiger charge is 2.30. The molecule has 0 unspecified atom stereocenters. The van der Waals surface area contributed by atoms with E-state index >= 15 is 0 Å². The Morgan fingerprint density at radius 2 is 1.84 bits per heavy atom. The summed E-state index contributed by atoms with van der Waals surface area (Å²) < 4.78 is 38.2. The van der Waals surface area contributed by atoms with Crippen molar-refractivity contribution in [2.75, 3.05) is 39.3 Å². The molecule has 1 aliphatic rings. The van der Waals surface area contributed by atoms with Crippen LogP contribution in [0.5, 0.6) is 0 Å². The first kappa shape index (κ1) is 23.3. The molecule has 1 aliphatic heterocycles. The van der Waals surface area contributed by atoms with Crippen molar-refractivity contribution in [3.63, 3.8) is 0 Å². The van der Waals surface area contributed by atoms with Crippen molar-refractivity contribution in [1.82, 2.24) is 20.1 Å². The van der Waals surface area contributed by atoms with Gasteiger partial charge in [0.25, 0.3) is 5.91 Å². The fraction of sp³-hybridized carbons (Fsp3) is 0.348. The SMILES string of the molecule is O=C(CN1CCCN(C(=O)c2ccncc2)CC1)NCC#Cc1cccc(C(F)(F)F)c1. The van der Waals surface area contributed by atoms with Crippen LogP contribution in [0.3, 0.4) is 0 Å². The summed E-state index contributed by atoms with van der Waals surface area (Å²) in [6, 6.07) is 8.11. The van der Waals surface area contributed by atoms with E-state index in [1.807, 2.05) is 4.90 Å². The maximum Gasteiger partial charge on any atom is 0.416 e. The predicted molar refractivity (Wildman–Crippen MR) is 113 cm³/mol. The summed E-state index contributed by atoms with van der Waals surface area (Å²) in [7, 11) is 0. The molecular formula is C23H23F3N4O2. The lowest BCUT2D eigenvalue weighted by Gasteiger charge is -2.21. The minimum Gasteiger partial charge on any atom is -0.344 e. The van der Waals surface area contributed by atoms with Gasteiger partial charge in [-0.05, 0) is 36.8 Å². The van der Waals surface area contributed by atoms with E-state index in [1.165, 1.54) is 12.1 Å². The fourth-order valence-electron chi connectivity index (χ4n) is 3.33. The monoisotopic (exact) mass is 444 g/mol. The first-order chi connectivity index (χ1) is 15.3. The molecule has 0 radical (unpaired) electrons. The van der Waals surface area contributed by atoms with Crippen LogP contribution < -0.4 is 5.32 Å². The maximum atomic E-state index is 12.7. The van der Waals surface area contributed by atoms with Gasteiger partial charge in [-0.1, -0.05) is 17.9 Å². The van der Waals surface area contributed by atoms with Crippen LogP contribution in [-0.4, -0.2) is 65.9 Å². The summed E-state index contributed by atoms with van der Waals surface area (Å²) in [6.07, 6.45) is -0.508. The lowest BCUT2D eigenvalue weighted by molar-refractivity contribution is -0.137. The molecule has 9 heteroatoms. The van der Waals surface area contributed by atoms with E-state index in [-0.39, 0.29) is 30.5 Å². The van der Waals surface area contributed by atoms with Gasteiger partial charge in [-0.3, -0.25) is 19.5 Å². The normalized spacial score (nSPS) is 14.8. The molecule has 2 amide bonds. The average molecular weight is 444 g/mol. The Morgan fingerprint density at radius 1 is 1.06 bits per heavy atom. The molecule has 1 fully saturated rings. The number of nitrogens with zero attached hydrogens (tertiary/aromatic N) is 3. The lowest BCUT2D eigenvalue weighted by Crippen LogP contribution is -2.40. The van der Waals surface area contributed by atoms with Crippen LogP contribution in [0.15, 0.2) is 48.8 Å². The molecular weight excluding hydrogens is 421 g/mol. The second-order valence-electron chi connectivity index (χ2n) is 7.31. The van der Waals surface area contributed by atoms with Gasteiger partial charge in [0.2, 0.25) is 5.91 Å². The second-order valence-corrected chi connectivity index (χ2v) is 7.31. The number of hydrogen-bond acceptors (Lipinski definition) is 4. The summed E-state index contributed by atoms with van der Waals surface area (Å²) in [6.45, 7) is 2.59. The lowest BCUT2D eigenvalue weighted by atomic mass is 10.1. The number of pyridine rings is 1. The Labute approximate surface area is 184 Å². The van der Waals surface area contributed by atoms with Gasteiger partial charge in [0, 0.05) is 49.7 Å². The Bertz CT molecular complexity index is 1000. The first-order valence-electron chi connectivity index (χ1n) is 10.2. The average Bonchev–Trinajstić information content (AvgIpc) is 3.02. The zero-order chi connectivity index (χ0) is 23.0. The number of carbonyl (C=O) groups is 2. The van der Waals surface area contributed by atoms with Crippen molar-refractivity contribution in [2.24, 2.45) is 0 Å². The maximum absolute atomic E-state index is 12.7. The van der Waals surface area contributed by atoms with E-state index < -0.39 is 11.7 Å². The number of hydrogen-bond donors (Lipinski definition) is 1. The third kappa shape index (κ3) is 6.82. The molecule has 0 saturated carbocycles. The molecule has 1 aromatic heterocycles. The third-order valence-corrected chi connectivity index (χ3v) is 4.97. The summed E-state index contributed by atoms with van der Waals surface area (Å²) in [4.78, 5) is 32.4. The Balaban J connectivity index is 1.44. The van der Waals surface area contributed by atoms with E-state index in [2.05, 4.69) is 22.1 Å². The molecule has 6 nitrogen and oxygen atoms in total. The van der Waals surface area contributed by atoms with Crippen LogP contribution in [0.4, 0.5) is 13.2 Å². The van der Waals surface area contributed by atoms with E-state index in [4.69, 9.17) is 0 Å². The van der Waals surface area contributed by atoms with Gasteiger partial charge in [0.1, 0.15) is 0 Å². The molecule has 1 N–H and O–H groups in total. The smallest absolute Gasteiger partial charge is 0.344 e. The zero-order valence-corrected chi connectivity index (χ0v) is 17.4. The number of halogens is 3. The van der Waals surface area contributed by atoms with Crippen LogP contribution in [0, 0.1) is 11.8 Å². The molecule has 32 heavy (non-hydrogen) atoms. The molecule has 168 valence electrons. The van der Waals surface area contributed by atoms with Crippen molar-refractivity contribution in [2.45, 2.75) is 12.6 Å². The number of alkyl halides is 3. The minimum absolute atomic E-state index is 0.0373. The number of rotatable bonds is 4. The van der Waals surface area contributed by atoms with Gasteiger partial charge in [-0.25, -0.2) is 0 Å². The van der Waals surface area contributed by atoms with Gasteiger partial charge in [0.15, 0.2) is 0 Å². The molecule has 0 aliphatic carbocycles. The predicted octanol–water partition coefficient (Wildman–Crippen LogP) is 2.42. The second kappa shape index (κ2) is 10.8. The molecule has 3 rings (SSSR count). The summed E-state index contributed by atoms with van der Waals surface area (Å²) in [5.41, 5.74) is 0.0667. The van der Waals surface area contributed by atoms with Gasteiger partial charge in [0.05, 0.1) is 18.7 Å². The molecule has 1 aromatic carbocycles. The van der Waals surface area contributed by atoms with Crippen LogP contribution in [-0.2, 0) is 11.0 Å². The van der Waals surface area contributed by atoms with Crippen LogP contribution >= 0.6 is 0 Å². The van der Waals surface area contributed by atoms with E-state index in [0.717, 1.165) is 18.6 Å². The molecule has 1 saturated heterocycles. The number of carbonyl (C=O) groups excluding carboxylic acids is 2. The largest absolute Gasteiger partial charge is 0.416 e. The van der Waals surface area contributed by atoms with Gasteiger partial charge in [-0.2, -0.15) is 13.2 Å². The van der Waals surface area contributed by atoms with Gasteiger partial charge in [-0.15, -0.1) is 0 Å². The van der Waals surface area contributed by atoms with Gasteiger partial charge >= 0.3 is 6.18 Å². The highest BCUT2D eigenvalue weighted by atomic mass is 19.4. The van der Waals surface area contributed by atoms with Crippen LogP contribution in [0.25, 0.3) is 0 Å². The summed E-state index contributed by atoms with van der Waals surface area (Å²) >= 11 is 0. The number of aromatic nitrogens is 1. The molecule has 0 spiro atoms. The van der Waals surface area contributed by atoms with E-state index in [0.29, 0.717) is 31.7 Å². The molecule has 2 heterocycles. The zero-order valence-electron chi connectivity index (χ0n) is 17.4. The third-order valence-electron chi connectivity index (χ3n) is 4.97. The Morgan fingerprint density at radius 3 is 2.59 bits per heavy atom. The van der Waals surface area contributed by atoms with Crippen molar-refractivity contribution in [3.8, 4) is 11.8 Å². The standard InChI is InChI=1S/C23H23F3N4O2/c24-23(25,26)20-6-1-4-18(16-20)5-2-9-28-21(31)17-29-12-3-13-30(15-14-29)22(32)19-7-10-27-11-8-19/h1,4,6-8,10-11,16H,3,9,12-15,17H2,(H,28,31). The van der Waals surface area contributed by atoms with E-state index in [9.17, 15) is 22.8 Å². The molecule has 2 aromatic rings. The number of benzene rings is 1. The van der Waals surface area contributed by atoms with Crippen molar-refractivity contribution < 1.29 is 22.8 Å². The summed E-state index contributed by atoms with van der Waals surface area (Å²) in [5.74, 6) is 5.03. The van der Waals surface area contributed by atoms with E-state index in [1.54, 1.807) is 29.4 Å². The van der Waals surface area contributed by atoms with Crippen LogP contribution in [0.1, 0.15) is 27.9 Å². The molecule has 0 bridgehead atoms. The highest BCUT2D eigenvalue weighted by molar-refractivity contribution is 5.94. The number of nitrogens with one attached hydrogen (secondary N) is 1. The van der Waals surface area contributed by atoms with Crippen molar-refractivity contribution in [3.05, 3.63) is 65.5 Å². The van der Waals surface area contributed by atoms with Crippen molar-refractivity contribution >= 4 is 11.8 Å². The van der Waals surface area contributed by atoms with Crippen molar-refractivity contribution in [1.29, 1.82) is 0 Å². The molecule has 0 atom stereocenters. The minimum atomic E-state index is -4.42. The quantitative estimate of drug-likeness (QED) is 0.736. The number of amides is 2. The first-order valence-corrected chi connectivity index (χ1v) is 10.2. The van der Waals surface area contributed by atoms with Crippen LogP contribution in [0.2, 0.25) is 0 Å². The Kier molecular flexibility index (Phi) is 7.84. The fourth-order valence-corrected chi connectivity index (χ4v) is 3.33. The highest BCUT2D eigenvalue weighted by Crippen LogP contribution is 2.29. The van der Waals surface area contributed by atoms with Gasteiger partial charge < -0.3 is 10.2 Å². The Hall–Kier alpha value is -3.38. The summed E-state index contributed by atoms with van der Waals surface area (Å²) in [5, 5.41) is 2.66.